The second kappa shape index (κ2) is 11.1. The van der Waals surface area contributed by atoms with Gasteiger partial charge in [-0.3, -0.25) is 14.7 Å². The highest BCUT2D eigenvalue weighted by atomic mass is 32.1. The lowest BCUT2D eigenvalue weighted by Crippen LogP contribution is -2.45. The second-order valence-corrected chi connectivity index (χ2v) is 9.25. The fourth-order valence-electron chi connectivity index (χ4n) is 3.93. The number of halogens is 3. The van der Waals surface area contributed by atoms with Crippen LogP contribution in [0, 0.1) is 0 Å². The van der Waals surface area contributed by atoms with Gasteiger partial charge in [-0.05, 0) is 54.3 Å². The summed E-state index contributed by atoms with van der Waals surface area (Å²) in [6.07, 6.45) is -0.861. The van der Waals surface area contributed by atoms with E-state index in [9.17, 15) is 18.0 Å². The van der Waals surface area contributed by atoms with Crippen molar-refractivity contribution >= 4 is 22.9 Å². The molecule has 0 atom stereocenters. The molecule has 0 radical (unpaired) electrons. The molecule has 3 aromatic rings. The number of amides is 1. The average Bonchev–Trinajstić information content (AvgIpc) is 3.32. The van der Waals surface area contributed by atoms with E-state index in [-0.39, 0.29) is 5.56 Å². The number of hydrogen-bond donors (Lipinski definition) is 1. The number of alkyl halides is 3. The van der Waals surface area contributed by atoms with Gasteiger partial charge in [-0.2, -0.15) is 13.2 Å². The molecule has 0 aliphatic carbocycles. The van der Waals surface area contributed by atoms with Gasteiger partial charge in [0.1, 0.15) is 12.3 Å². The Labute approximate surface area is 206 Å². The molecule has 1 N–H and O–H groups in total. The Morgan fingerprint density at radius 1 is 1.09 bits per heavy atom. The largest absolute Gasteiger partial charge is 0.492 e. The molecule has 1 fully saturated rings. The molecule has 0 saturated carbocycles. The first-order chi connectivity index (χ1) is 16.8. The van der Waals surface area contributed by atoms with Crippen LogP contribution in [0.5, 0.6) is 5.75 Å². The molecular weight excluding hydrogens is 477 g/mol. The maximum Gasteiger partial charge on any atom is 0.405 e. The van der Waals surface area contributed by atoms with Gasteiger partial charge in [-0.25, -0.2) is 0 Å². The van der Waals surface area contributed by atoms with Crippen LogP contribution < -0.4 is 15.0 Å². The summed E-state index contributed by atoms with van der Waals surface area (Å²) in [6.45, 7) is 5.54. The molecule has 0 spiro atoms. The lowest BCUT2D eigenvalue weighted by molar-refractivity contribution is -0.123. The SMILES string of the molecule is CCOc1cncc(-c2csc(CN3CCN(c4ccc(C(=O)NCC(F)(F)F)cc4)CC3)c2)c1. The Morgan fingerprint density at radius 3 is 2.51 bits per heavy atom. The quantitative estimate of drug-likeness (QED) is 0.477. The van der Waals surface area contributed by atoms with Gasteiger partial charge in [-0.1, -0.05) is 0 Å². The molecule has 3 heterocycles. The monoisotopic (exact) mass is 504 g/mol. The van der Waals surface area contributed by atoms with E-state index in [0.29, 0.717) is 6.61 Å². The fraction of sp³-hybridized carbons (Fsp3) is 0.360. The van der Waals surface area contributed by atoms with Crippen LogP contribution in [-0.2, 0) is 6.54 Å². The molecule has 0 unspecified atom stereocenters. The predicted molar refractivity (Wildman–Crippen MR) is 131 cm³/mol. The van der Waals surface area contributed by atoms with Crippen molar-refractivity contribution in [1.82, 2.24) is 15.2 Å². The van der Waals surface area contributed by atoms with Gasteiger partial charge in [-0.15, -0.1) is 11.3 Å². The number of hydrogen-bond acceptors (Lipinski definition) is 6. The molecule has 1 amide bonds. The Hall–Kier alpha value is -3.11. The Bertz CT molecular complexity index is 1130. The topological polar surface area (TPSA) is 57.7 Å². The number of ether oxygens (including phenoxy) is 1. The molecular formula is C25H27F3N4O2S. The fourth-order valence-corrected chi connectivity index (χ4v) is 4.86. The molecule has 0 bridgehead atoms. The summed E-state index contributed by atoms with van der Waals surface area (Å²) in [6, 6.07) is 10.9. The first-order valence-electron chi connectivity index (χ1n) is 11.4. The number of carbonyl (C=O) groups is 1. The number of thiophene rings is 1. The maximum absolute atomic E-state index is 12.3. The van der Waals surface area contributed by atoms with Crippen molar-refractivity contribution < 1.29 is 22.7 Å². The highest BCUT2D eigenvalue weighted by Gasteiger charge is 2.28. The van der Waals surface area contributed by atoms with Gasteiger partial charge in [0.05, 0.1) is 12.8 Å². The number of nitrogens with zero attached hydrogens (tertiary/aromatic N) is 3. The lowest BCUT2D eigenvalue weighted by atomic mass is 10.1. The predicted octanol–water partition coefficient (Wildman–Crippen LogP) is 4.82. The van der Waals surface area contributed by atoms with E-state index in [4.69, 9.17) is 4.74 Å². The van der Waals surface area contributed by atoms with Crippen LogP contribution in [0.2, 0.25) is 0 Å². The molecule has 10 heteroatoms. The third-order valence-corrected chi connectivity index (χ3v) is 6.63. The summed E-state index contributed by atoms with van der Waals surface area (Å²) in [5.74, 6) is 0.0400. The van der Waals surface area contributed by atoms with Crippen molar-refractivity contribution in [3.8, 4) is 16.9 Å². The van der Waals surface area contributed by atoms with Crippen molar-refractivity contribution in [2.75, 3.05) is 44.2 Å². The van der Waals surface area contributed by atoms with E-state index in [2.05, 4.69) is 26.2 Å². The van der Waals surface area contributed by atoms with Crippen molar-refractivity contribution in [2.24, 2.45) is 0 Å². The number of carbonyl (C=O) groups excluding carboxylic acids is 1. The van der Waals surface area contributed by atoms with Gasteiger partial charge >= 0.3 is 6.18 Å². The Morgan fingerprint density at radius 2 is 1.83 bits per heavy atom. The van der Waals surface area contributed by atoms with Crippen LogP contribution in [0.4, 0.5) is 18.9 Å². The highest BCUT2D eigenvalue weighted by Crippen LogP contribution is 2.29. The summed E-state index contributed by atoms with van der Waals surface area (Å²) < 4.78 is 42.4. The van der Waals surface area contributed by atoms with E-state index < -0.39 is 18.6 Å². The van der Waals surface area contributed by atoms with E-state index in [1.54, 1.807) is 41.8 Å². The number of nitrogens with one attached hydrogen (secondary N) is 1. The first-order valence-corrected chi connectivity index (χ1v) is 12.3. The van der Waals surface area contributed by atoms with E-state index in [1.165, 1.54) is 4.88 Å². The van der Waals surface area contributed by atoms with Gasteiger partial charge in [0.2, 0.25) is 0 Å². The molecule has 6 nitrogen and oxygen atoms in total. The van der Waals surface area contributed by atoms with E-state index in [0.717, 1.165) is 55.3 Å². The third-order valence-electron chi connectivity index (χ3n) is 5.71. The van der Waals surface area contributed by atoms with Crippen LogP contribution in [0.1, 0.15) is 22.2 Å². The third kappa shape index (κ3) is 6.95. The highest BCUT2D eigenvalue weighted by molar-refractivity contribution is 7.10. The number of pyridine rings is 1. The van der Waals surface area contributed by atoms with Crippen LogP contribution in [0.25, 0.3) is 11.1 Å². The zero-order valence-corrected chi connectivity index (χ0v) is 20.2. The van der Waals surface area contributed by atoms with Crippen molar-refractivity contribution in [3.05, 3.63) is 64.6 Å². The normalized spacial score (nSPS) is 14.7. The minimum Gasteiger partial charge on any atom is -0.492 e. The minimum atomic E-state index is -4.42. The molecule has 1 aliphatic heterocycles. The molecule has 1 aliphatic rings. The van der Waals surface area contributed by atoms with Crippen LogP contribution in [0.3, 0.4) is 0 Å². The molecule has 186 valence electrons. The van der Waals surface area contributed by atoms with E-state index >= 15 is 0 Å². The van der Waals surface area contributed by atoms with Gasteiger partial charge in [0, 0.05) is 60.6 Å². The molecule has 4 rings (SSSR count). The second-order valence-electron chi connectivity index (χ2n) is 8.25. The van der Waals surface area contributed by atoms with E-state index in [1.807, 2.05) is 24.5 Å². The number of anilines is 1. The summed E-state index contributed by atoms with van der Waals surface area (Å²) in [4.78, 5) is 22.1. The average molecular weight is 505 g/mol. The molecule has 1 aromatic carbocycles. The summed E-state index contributed by atoms with van der Waals surface area (Å²) in [7, 11) is 0. The van der Waals surface area contributed by atoms with Crippen LogP contribution >= 0.6 is 11.3 Å². The lowest BCUT2D eigenvalue weighted by Gasteiger charge is -2.36. The van der Waals surface area contributed by atoms with Crippen molar-refractivity contribution in [2.45, 2.75) is 19.6 Å². The zero-order chi connectivity index (χ0) is 24.8. The zero-order valence-electron chi connectivity index (χ0n) is 19.3. The number of aromatic nitrogens is 1. The Kier molecular flexibility index (Phi) is 7.92. The van der Waals surface area contributed by atoms with Crippen molar-refractivity contribution in [3.63, 3.8) is 0 Å². The number of rotatable bonds is 8. The minimum absolute atomic E-state index is 0.215. The standard InChI is InChI=1S/C25H27F3N4O2S/c1-2-34-22-11-19(13-29-14-22)20-12-23(35-16-20)15-31-7-9-32(10-8-31)21-5-3-18(4-6-21)24(33)30-17-25(26,27)28/h3-6,11-14,16H,2,7-10,15,17H2,1H3,(H,30,33). The van der Waals surface area contributed by atoms with Crippen LogP contribution in [0.15, 0.2) is 54.2 Å². The summed E-state index contributed by atoms with van der Waals surface area (Å²) in [5, 5.41) is 4.04. The Balaban J connectivity index is 1.28. The number of benzene rings is 1. The van der Waals surface area contributed by atoms with Crippen molar-refractivity contribution in [1.29, 1.82) is 0 Å². The number of piperazine rings is 1. The van der Waals surface area contributed by atoms with Gasteiger partial charge < -0.3 is 15.0 Å². The molecule has 2 aromatic heterocycles. The smallest absolute Gasteiger partial charge is 0.405 e. The molecule has 35 heavy (non-hydrogen) atoms. The summed E-state index contributed by atoms with van der Waals surface area (Å²) >= 11 is 1.73. The maximum atomic E-state index is 12.3. The summed E-state index contributed by atoms with van der Waals surface area (Å²) in [5.41, 5.74) is 3.35. The molecule has 1 saturated heterocycles. The first kappa shape index (κ1) is 25.0. The van der Waals surface area contributed by atoms with Crippen LogP contribution in [-0.4, -0.2) is 61.3 Å². The van der Waals surface area contributed by atoms with Gasteiger partial charge in [0.15, 0.2) is 0 Å². The van der Waals surface area contributed by atoms with Gasteiger partial charge in [0.25, 0.3) is 5.91 Å².